The molecule has 1 aliphatic rings. The summed E-state index contributed by atoms with van der Waals surface area (Å²) in [6.07, 6.45) is 7.48. The third-order valence-corrected chi connectivity index (χ3v) is 3.23. The molecule has 0 unspecified atom stereocenters. The lowest BCUT2D eigenvalue weighted by atomic mass is 10.1. The van der Waals surface area contributed by atoms with Crippen LogP contribution in [0.1, 0.15) is 77.7 Å². The fourth-order valence-electron chi connectivity index (χ4n) is 1.94. The average Bonchev–Trinajstić information content (AvgIpc) is 3.43. The molecular weight excluding hydrogens is 300 g/mol. The average molecular weight is 337 g/mol. The van der Waals surface area contributed by atoms with E-state index in [1.165, 1.54) is 25.3 Å². The normalized spacial score (nSPS) is 11.5. The maximum absolute atomic E-state index is 10.4. The largest absolute Gasteiger partial charge is 0.385 e. The van der Waals surface area contributed by atoms with Crippen LogP contribution >= 0.6 is 0 Å². The van der Waals surface area contributed by atoms with Crippen molar-refractivity contribution in [1.29, 1.82) is 0 Å². The van der Waals surface area contributed by atoms with Crippen molar-refractivity contribution in [3.05, 3.63) is 35.9 Å². The molecule has 1 aliphatic carbocycles. The highest BCUT2D eigenvalue weighted by molar-refractivity contribution is 5.75. The minimum atomic E-state index is 0.289. The molecule has 1 aromatic rings. The molecule has 0 atom stereocenters. The second-order valence-corrected chi connectivity index (χ2v) is 5.43. The molecule has 1 fully saturated rings. The van der Waals surface area contributed by atoms with Crippen LogP contribution in [0.2, 0.25) is 0 Å². The van der Waals surface area contributed by atoms with Crippen molar-refractivity contribution in [2.45, 2.75) is 72.1 Å². The summed E-state index contributed by atoms with van der Waals surface area (Å²) in [4.78, 5) is 19.3. The molecule has 0 heterocycles. The van der Waals surface area contributed by atoms with Gasteiger partial charge < -0.3 is 14.3 Å². The maximum atomic E-state index is 10.4. The van der Waals surface area contributed by atoms with Crippen molar-refractivity contribution in [2.24, 2.45) is 0 Å². The fraction of sp³-hybridized carbons (Fsp3) is 0.619. The number of ether oxygens (including phenoxy) is 1. The molecule has 3 heteroatoms. The second-order valence-electron chi connectivity index (χ2n) is 5.43. The van der Waals surface area contributed by atoms with Gasteiger partial charge >= 0.3 is 0 Å². The van der Waals surface area contributed by atoms with Crippen molar-refractivity contribution in [1.82, 2.24) is 0 Å². The van der Waals surface area contributed by atoms with Gasteiger partial charge in [-0.2, -0.15) is 0 Å². The Labute approximate surface area is 148 Å². The summed E-state index contributed by atoms with van der Waals surface area (Å²) < 4.78 is 4.86. The first-order valence-corrected chi connectivity index (χ1v) is 9.08. The van der Waals surface area contributed by atoms with Gasteiger partial charge in [-0.15, -0.1) is 0 Å². The van der Waals surface area contributed by atoms with Crippen LogP contribution in [0.4, 0.5) is 0 Å². The van der Waals surface area contributed by atoms with Gasteiger partial charge in [0.2, 0.25) is 0 Å². The Bertz CT molecular complexity index is 383. The SMILES string of the molecule is CC.CC=O.COCCCCCC(C)=O.c1ccc(C2CC2)cc1. The molecule has 0 aliphatic heterocycles. The first-order chi connectivity index (χ1) is 11.7. The van der Waals surface area contributed by atoms with E-state index >= 15 is 0 Å². The Hall–Kier alpha value is -1.48. The molecule has 0 amide bonds. The van der Waals surface area contributed by atoms with E-state index in [9.17, 15) is 4.79 Å². The van der Waals surface area contributed by atoms with Crippen LogP contribution in [0.5, 0.6) is 0 Å². The predicted molar refractivity (Wildman–Crippen MR) is 103 cm³/mol. The summed E-state index contributed by atoms with van der Waals surface area (Å²) in [6.45, 7) is 7.90. The number of ketones is 1. The van der Waals surface area contributed by atoms with Crippen LogP contribution in [0.25, 0.3) is 0 Å². The van der Waals surface area contributed by atoms with Crippen LogP contribution in [0.3, 0.4) is 0 Å². The molecule has 1 aromatic carbocycles. The van der Waals surface area contributed by atoms with E-state index in [-0.39, 0.29) is 5.78 Å². The molecule has 0 spiro atoms. The quantitative estimate of drug-likeness (QED) is 0.482. The van der Waals surface area contributed by atoms with Gasteiger partial charge in [0, 0.05) is 20.1 Å². The smallest absolute Gasteiger partial charge is 0.129 e. The lowest BCUT2D eigenvalue weighted by molar-refractivity contribution is -0.117. The fourth-order valence-corrected chi connectivity index (χ4v) is 1.94. The zero-order chi connectivity index (χ0) is 18.6. The summed E-state index contributed by atoms with van der Waals surface area (Å²) in [5.41, 5.74) is 1.53. The molecular formula is C21H36O3. The van der Waals surface area contributed by atoms with Crippen molar-refractivity contribution in [3.63, 3.8) is 0 Å². The zero-order valence-electron chi connectivity index (χ0n) is 16.2. The highest BCUT2D eigenvalue weighted by atomic mass is 16.5. The topological polar surface area (TPSA) is 43.4 Å². The summed E-state index contributed by atoms with van der Waals surface area (Å²) in [5, 5.41) is 0. The first-order valence-electron chi connectivity index (χ1n) is 9.08. The van der Waals surface area contributed by atoms with Gasteiger partial charge in [-0.05, 0) is 51.0 Å². The van der Waals surface area contributed by atoms with Crippen LogP contribution in [-0.2, 0) is 14.3 Å². The number of aldehydes is 1. The van der Waals surface area contributed by atoms with Gasteiger partial charge in [-0.25, -0.2) is 0 Å². The maximum Gasteiger partial charge on any atom is 0.129 e. The second kappa shape index (κ2) is 19.6. The predicted octanol–water partition coefficient (Wildman–Crippen LogP) is 5.58. The number of Topliss-reactive ketones (excluding diaryl/α,β-unsaturated/α-hetero) is 1. The highest BCUT2D eigenvalue weighted by Gasteiger charge is 2.22. The number of hydrogen-bond donors (Lipinski definition) is 0. The molecule has 2 rings (SSSR count). The van der Waals surface area contributed by atoms with Crippen LogP contribution < -0.4 is 0 Å². The Morgan fingerprint density at radius 3 is 2.08 bits per heavy atom. The number of benzene rings is 1. The summed E-state index contributed by atoms with van der Waals surface area (Å²) >= 11 is 0. The monoisotopic (exact) mass is 336 g/mol. The third kappa shape index (κ3) is 18.6. The van der Waals surface area contributed by atoms with Crippen molar-refractivity contribution < 1.29 is 14.3 Å². The number of rotatable bonds is 7. The van der Waals surface area contributed by atoms with Gasteiger partial charge in [0.05, 0.1) is 0 Å². The van der Waals surface area contributed by atoms with Crippen molar-refractivity contribution in [3.8, 4) is 0 Å². The number of carbonyl (C=O) groups is 2. The van der Waals surface area contributed by atoms with E-state index < -0.39 is 0 Å². The summed E-state index contributed by atoms with van der Waals surface area (Å²) in [5.74, 6) is 1.20. The number of carbonyl (C=O) groups excluding carboxylic acids is 2. The van der Waals surface area contributed by atoms with Crippen LogP contribution in [0.15, 0.2) is 30.3 Å². The Morgan fingerprint density at radius 2 is 1.67 bits per heavy atom. The minimum absolute atomic E-state index is 0.289. The lowest BCUT2D eigenvalue weighted by Gasteiger charge is -1.96. The van der Waals surface area contributed by atoms with E-state index in [1.807, 2.05) is 13.8 Å². The van der Waals surface area contributed by atoms with Gasteiger partial charge in [0.15, 0.2) is 0 Å². The van der Waals surface area contributed by atoms with E-state index in [0.717, 1.165) is 44.5 Å². The first kappa shape index (κ1) is 24.8. The van der Waals surface area contributed by atoms with E-state index in [1.54, 1.807) is 14.0 Å². The van der Waals surface area contributed by atoms with Gasteiger partial charge in [-0.3, -0.25) is 0 Å². The van der Waals surface area contributed by atoms with E-state index in [2.05, 4.69) is 30.3 Å². The third-order valence-electron chi connectivity index (χ3n) is 3.23. The van der Waals surface area contributed by atoms with E-state index in [4.69, 9.17) is 9.53 Å². The molecule has 138 valence electrons. The Morgan fingerprint density at radius 1 is 1.12 bits per heavy atom. The molecule has 3 nitrogen and oxygen atoms in total. The molecule has 0 aromatic heterocycles. The molecule has 0 bridgehead atoms. The molecule has 0 radical (unpaired) electrons. The summed E-state index contributed by atoms with van der Waals surface area (Å²) in [6, 6.07) is 10.8. The lowest BCUT2D eigenvalue weighted by Crippen LogP contribution is -1.92. The van der Waals surface area contributed by atoms with Gasteiger partial charge in [0.1, 0.15) is 12.1 Å². The van der Waals surface area contributed by atoms with Crippen LogP contribution in [-0.4, -0.2) is 25.8 Å². The summed E-state index contributed by atoms with van der Waals surface area (Å²) in [7, 11) is 1.70. The van der Waals surface area contributed by atoms with Gasteiger partial charge in [0.25, 0.3) is 0 Å². The Kier molecular flexibility index (Phi) is 20.2. The number of hydrogen-bond acceptors (Lipinski definition) is 3. The van der Waals surface area contributed by atoms with E-state index in [0.29, 0.717) is 0 Å². The highest BCUT2D eigenvalue weighted by Crippen LogP contribution is 2.39. The van der Waals surface area contributed by atoms with Crippen molar-refractivity contribution in [2.75, 3.05) is 13.7 Å². The van der Waals surface area contributed by atoms with Crippen molar-refractivity contribution >= 4 is 12.1 Å². The van der Waals surface area contributed by atoms with Crippen LogP contribution in [0, 0.1) is 0 Å². The standard InChI is InChI=1S/C9H10.C8H16O2.C2H4O.C2H6/c1-2-4-8(5-3-1)9-6-7-9;1-8(9)6-4-3-5-7-10-2;1-2-3;1-2/h1-5,9H,6-7H2;3-7H2,1-2H3;2H,1H3;1-2H3. The van der Waals surface area contributed by atoms with Gasteiger partial charge in [-0.1, -0.05) is 50.6 Å². The minimum Gasteiger partial charge on any atom is -0.385 e. The Balaban J connectivity index is 0. The number of unbranched alkanes of at least 4 members (excludes halogenated alkanes) is 2. The molecule has 0 saturated heterocycles. The molecule has 0 N–H and O–H groups in total. The zero-order valence-corrected chi connectivity index (χ0v) is 16.2. The molecule has 1 saturated carbocycles. The molecule has 24 heavy (non-hydrogen) atoms. The number of methoxy groups -OCH3 is 1.